The number of nitriles is 1. The van der Waals surface area contributed by atoms with Crippen molar-refractivity contribution in [3.05, 3.63) is 0 Å². The molecule has 0 amide bonds. The van der Waals surface area contributed by atoms with Gasteiger partial charge in [-0.3, -0.25) is 4.90 Å². The molecule has 1 aliphatic heterocycles. The first-order valence-corrected chi connectivity index (χ1v) is 6.46. The Morgan fingerprint density at radius 3 is 2.81 bits per heavy atom. The van der Waals surface area contributed by atoms with Crippen molar-refractivity contribution < 1.29 is 4.74 Å². The van der Waals surface area contributed by atoms with E-state index in [1.165, 1.54) is 25.7 Å². The van der Waals surface area contributed by atoms with Gasteiger partial charge < -0.3 is 4.74 Å². The van der Waals surface area contributed by atoms with E-state index in [0.29, 0.717) is 18.6 Å². The quantitative estimate of drug-likeness (QED) is 0.667. The van der Waals surface area contributed by atoms with Crippen LogP contribution in [0.25, 0.3) is 0 Å². The van der Waals surface area contributed by atoms with E-state index in [9.17, 15) is 0 Å². The van der Waals surface area contributed by atoms with Crippen LogP contribution in [0.5, 0.6) is 0 Å². The van der Waals surface area contributed by atoms with E-state index in [2.05, 4.69) is 24.8 Å². The molecule has 92 valence electrons. The Morgan fingerprint density at radius 2 is 2.25 bits per heavy atom. The maximum atomic E-state index is 8.60. The summed E-state index contributed by atoms with van der Waals surface area (Å²) < 4.78 is 5.61. The van der Waals surface area contributed by atoms with E-state index in [4.69, 9.17) is 10.00 Å². The van der Waals surface area contributed by atoms with Crippen LogP contribution >= 0.6 is 0 Å². The summed E-state index contributed by atoms with van der Waals surface area (Å²) in [4.78, 5) is 2.39. The summed E-state index contributed by atoms with van der Waals surface area (Å²) in [6.07, 6.45) is 5.97. The lowest BCUT2D eigenvalue weighted by Gasteiger charge is -2.25. The fraction of sp³-hybridized carbons (Fsp3) is 0.923. The maximum absolute atomic E-state index is 8.60. The van der Waals surface area contributed by atoms with Crippen molar-refractivity contribution in [1.82, 2.24) is 4.90 Å². The van der Waals surface area contributed by atoms with E-state index in [-0.39, 0.29) is 0 Å². The second kappa shape index (κ2) is 7.65. The summed E-state index contributed by atoms with van der Waals surface area (Å²) in [7, 11) is 0. The Hall–Kier alpha value is -0.590. The van der Waals surface area contributed by atoms with Gasteiger partial charge in [0, 0.05) is 25.6 Å². The third-order valence-corrected chi connectivity index (χ3v) is 3.24. The van der Waals surface area contributed by atoms with Crippen molar-refractivity contribution in [1.29, 1.82) is 5.26 Å². The highest BCUT2D eigenvalue weighted by Crippen LogP contribution is 2.17. The smallest absolute Gasteiger partial charge is 0.0635 e. The highest BCUT2D eigenvalue weighted by Gasteiger charge is 2.16. The van der Waals surface area contributed by atoms with Gasteiger partial charge in [0.1, 0.15) is 0 Å². The van der Waals surface area contributed by atoms with Crippen LogP contribution in [-0.2, 0) is 4.74 Å². The third kappa shape index (κ3) is 4.96. The molecule has 1 rings (SSSR count). The summed E-state index contributed by atoms with van der Waals surface area (Å²) in [5.74, 6) is 0. The average Bonchev–Trinajstić information content (AvgIpc) is 2.75. The molecule has 1 atom stereocenters. The van der Waals surface area contributed by atoms with Gasteiger partial charge in [-0.25, -0.2) is 0 Å². The van der Waals surface area contributed by atoms with Crippen LogP contribution in [0, 0.1) is 11.3 Å². The number of nitrogens with zero attached hydrogens (tertiary/aromatic N) is 2. The molecule has 1 fully saturated rings. The van der Waals surface area contributed by atoms with Crippen molar-refractivity contribution in [2.75, 3.05) is 19.7 Å². The van der Waals surface area contributed by atoms with Gasteiger partial charge in [0.2, 0.25) is 0 Å². The monoisotopic (exact) mass is 224 g/mol. The lowest BCUT2D eigenvalue weighted by molar-refractivity contribution is 0.0970. The number of hydrogen-bond acceptors (Lipinski definition) is 3. The van der Waals surface area contributed by atoms with Crippen molar-refractivity contribution >= 4 is 0 Å². The second-order valence-corrected chi connectivity index (χ2v) is 4.82. The summed E-state index contributed by atoms with van der Waals surface area (Å²) >= 11 is 0. The van der Waals surface area contributed by atoms with Gasteiger partial charge in [0.15, 0.2) is 0 Å². The molecule has 0 aromatic rings. The van der Waals surface area contributed by atoms with Gasteiger partial charge >= 0.3 is 0 Å². The molecule has 0 aliphatic carbocycles. The molecule has 0 spiro atoms. The molecule has 16 heavy (non-hydrogen) atoms. The van der Waals surface area contributed by atoms with E-state index in [0.717, 1.165) is 19.7 Å². The minimum atomic E-state index is 0.505. The molecule has 0 N–H and O–H groups in total. The molecule has 0 radical (unpaired) electrons. The van der Waals surface area contributed by atoms with E-state index in [1.807, 2.05) is 0 Å². The van der Waals surface area contributed by atoms with Crippen LogP contribution in [0.4, 0.5) is 0 Å². The van der Waals surface area contributed by atoms with Crippen LogP contribution in [0.3, 0.4) is 0 Å². The summed E-state index contributed by atoms with van der Waals surface area (Å²) in [5.41, 5.74) is 0. The molecular weight excluding hydrogens is 200 g/mol. The van der Waals surface area contributed by atoms with Gasteiger partial charge in [-0.05, 0) is 46.1 Å². The van der Waals surface area contributed by atoms with Crippen molar-refractivity contribution in [3.63, 3.8) is 0 Å². The fourth-order valence-corrected chi connectivity index (χ4v) is 2.22. The fourth-order valence-electron chi connectivity index (χ4n) is 2.22. The maximum Gasteiger partial charge on any atom is 0.0635 e. The molecule has 1 saturated heterocycles. The topological polar surface area (TPSA) is 36.3 Å². The molecule has 0 bridgehead atoms. The predicted molar refractivity (Wildman–Crippen MR) is 65.1 cm³/mol. The summed E-state index contributed by atoms with van der Waals surface area (Å²) in [6.45, 7) is 7.35. The van der Waals surface area contributed by atoms with Crippen molar-refractivity contribution in [2.45, 2.75) is 58.1 Å². The van der Waals surface area contributed by atoms with E-state index in [1.54, 1.807) is 0 Å². The Labute approximate surface area is 99.4 Å². The molecule has 3 nitrogen and oxygen atoms in total. The first-order valence-electron chi connectivity index (χ1n) is 6.46. The first kappa shape index (κ1) is 13.5. The van der Waals surface area contributed by atoms with Crippen molar-refractivity contribution in [3.8, 4) is 6.07 Å². The largest absolute Gasteiger partial charge is 0.378 e. The van der Waals surface area contributed by atoms with Crippen molar-refractivity contribution in [2.24, 2.45) is 0 Å². The number of hydrogen-bond donors (Lipinski definition) is 0. The van der Waals surface area contributed by atoms with Crippen LogP contribution < -0.4 is 0 Å². The third-order valence-electron chi connectivity index (χ3n) is 3.24. The molecule has 3 heteroatoms. The van der Waals surface area contributed by atoms with Gasteiger partial charge in [-0.15, -0.1) is 0 Å². The number of ether oxygens (including phenoxy) is 1. The minimum Gasteiger partial charge on any atom is -0.378 e. The van der Waals surface area contributed by atoms with E-state index < -0.39 is 0 Å². The molecule has 0 aromatic heterocycles. The van der Waals surface area contributed by atoms with Crippen LogP contribution in [0.2, 0.25) is 0 Å². The Balaban J connectivity index is 2.13. The second-order valence-electron chi connectivity index (χ2n) is 4.82. The van der Waals surface area contributed by atoms with Crippen LogP contribution in [0.15, 0.2) is 0 Å². The Morgan fingerprint density at radius 1 is 1.44 bits per heavy atom. The lowest BCUT2D eigenvalue weighted by Crippen LogP contribution is -2.33. The zero-order valence-electron chi connectivity index (χ0n) is 10.6. The minimum absolute atomic E-state index is 0.505. The molecule has 1 aliphatic rings. The highest BCUT2D eigenvalue weighted by atomic mass is 16.5. The van der Waals surface area contributed by atoms with E-state index >= 15 is 0 Å². The van der Waals surface area contributed by atoms with Gasteiger partial charge in [-0.2, -0.15) is 5.26 Å². The first-order chi connectivity index (χ1) is 7.74. The molecular formula is C13H24N2O. The molecule has 1 unspecified atom stereocenters. The zero-order valence-corrected chi connectivity index (χ0v) is 10.6. The lowest BCUT2D eigenvalue weighted by atomic mass is 10.1. The van der Waals surface area contributed by atoms with Crippen LogP contribution in [-0.4, -0.2) is 36.7 Å². The number of rotatable bonds is 7. The van der Waals surface area contributed by atoms with Crippen LogP contribution in [0.1, 0.15) is 46.0 Å². The molecule has 0 saturated carbocycles. The predicted octanol–water partition coefficient (Wildman–Crippen LogP) is 2.57. The Kier molecular flexibility index (Phi) is 6.44. The molecule has 1 heterocycles. The standard InChI is InChI=1S/C13H24N2O/c1-12(2)15(10-5-8-14)9-3-6-13-7-4-11-16-13/h12-13H,3-7,9-11H2,1-2H3. The normalized spacial score (nSPS) is 20.6. The summed E-state index contributed by atoms with van der Waals surface area (Å²) in [6, 6.07) is 2.76. The zero-order chi connectivity index (χ0) is 11.8. The Bertz CT molecular complexity index is 216. The average molecular weight is 224 g/mol. The van der Waals surface area contributed by atoms with Gasteiger partial charge in [0.05, 0.1) is 12.2 Å². The summed E-state index contributed by atoms with van der Waals surface area (Å²) in [5, 5.41) is 8.60. The van der Waals surface area contributed by atoms with Gasteiger partial charge in [0.25, 0.3) is 0 Å². The highest BCUT2D eigenvalue weighted by molar-refractivity contribution is 4.74. The SMILES string of the molecule is CC(C)N(CCC#N)CCCC1CCCO1. The molecule has 0 aromatic carbocycles. The van der Waals surface area contributed by atoms with Gasteiger partial charge in [-0.1, -0.05) is 0 Å².